The van der Waals surface area contributed by atoms with E-state index in [2.05, 4.69) is 5.32 Å². The van der Waals surface area contributed by atoms with Crippen LogP contribution in [0.5, 0.6) is 11.5 Å². The molecule has 0 fully saturated rings. The molecular weight excluding hydrogens is 266 g/mol. The van der Waals surface area contributed by atoms with Crippen LogP contribution in [0.4, 0.5) is 0 Å². The van der Waals surface area contributed by atoms with Crippen molar-refractivity contribution in [2.45, 2.75) is 13.5 Å². The Balaban J connectivity index is 2.86. The first-order valence-electron chi connectivity index (χ1n) is 6.06. The number of aliphatic carboxylic acids is 2. The van der Waals surface area contributed by atoms with E-state index in [1.807, 2.05) is 0 Å². The zero-order chi connectivity index (χ0) is 15.0. The second-order valence-corrected chi connectivity index (χ2v) is 3.86. The summed E-state index contributed by atoms with van der Waals surface area (Å²) in [5.74, 6) is -1.32. The number of hydrogen-bond donors (Lipinski definition) is 3. The van der Waals surface area contributed by atoms with Crippen molar-refractivity contribution in [3.63, 3.8) is 0 Å². The Morgan fingerprint density at radius 3 is 2.55 bits per heavy atom. The first-order chi connectivity index (χ1) is 9.54. The summed E-state index contributed by atoms with van der Waals surface area (Å²) < 4.78 is 10.6. The molecule has 110 valence electrons. The topological polar surface area (TPSA) is 105 Å². The van der Waals surface area contributed by atoms with Gasteiger partial charge in [0.25, 0.3) is 0 Å². The average Bonchev–Trinajstić information content (AvgIpc) is 2.37. The molecule has 1 aromatic carbocycles. The first kappa shape index (κ1) is 15.8. The van der Waals surface area contributed by atoms with Crippen LogP contribution in [0, 0.1) is 0 Å². The van der Waals surface area contributed by atoms with Crippen LogP contribution in [0.25, 0.3) is 0 Å². The van der Waals surface area contributed by atoms with Crippen LogP contribution >= 0.6 is 0 Å². The highest BCUT2D eigenvalue weighted by molar-refractivity contribution is 5.69. The predicted molar refractivity (Wildman–Crippen MR) is 70.1 cm³/mol. The lowest BCUT2D eigenvalue weighted by molar-refractivity contribution is -0.139. The van der Waals surface area contributed by atoms with E-state index in [-0.39, 0.29) is 13.1 Å². The van der Waals surface area contributed by atoms with Gasteiger partial charge in [-0.1, -0.05) is 12.1 Å². The number of carboxylic acid groups (broad SMARTS) is 2. The van der Waals surface area contributed by atoms with E-state index in [9.17, 15) is 9.59 Å². The van der Waals surface area contributed by atoms with Crippen molar-refractivity contribution in [2.75, 3.05) is 19.8 Å². The molecule has 0 radical (unpaired) electrons. The second kappa shape index (κ2) is 8.00. The molecule has 0 spiro atoms. The third-order valence-corrected chi connectivity index (χ3v) is 2.29. The summed E-state index contributed by atoms with van der Waals surface area (Å²) in [6.07, 6.45) is 0. The Kier molecular flexibility index (Phi) is 6.31. The van der Waals surface area contributed by atoms with Crippen LogP contribution in [0.2, 0.25) is 0 Å². The fraction of sp³-hybridized carbons (Fsp3) is 0.385. The molecule has 0 heterocycles. The monoisotopic (exact) mass is 283 g/mol. The molecule has 0 aliphatic rings. The van der Waals surface area contributed by atoms with Gasteiger partial charge in [0, 0.05) is 12.1 Å². The molecule has 20 heavy (non-hydrogen) atoms. The van der Waals surface area contributed by atoms with E-state index in [1.165, 1.54) is 0 Å². The van der Waals surface area contributed by atoms with Gasteiger partial charge in [0.15, 0.2) is 18.1 Å². The molecule has 7 nitrogen and oxygen atoms in total. The third kappa shape index (κ3) is 5.15. The minimum atomic E-state index is -1.10. The quantitative estimate of drug-likeness (QED) is 0.613. The van der Waals surface area contributed by atoms with Gasteiger partial charge in [0.1, 0.15) is 0 Å². The zero-order valence-corrected chi connectivity index (χ0v) is 11.1. The van der Waals surface area contributed by atoms with Crippen molar-refractivity contribution in [2.24, 2.45) is 0 Å². The van der Waals surface area contributed by atoms with Gasteiger partial charge in [-0.2, -0.15) is 0 Å². The van der Waals surface area contributed by atoms with Crippen LogP contribution in [0.3, 0.4) is 0 Å². The van der Waals surface area contributed by atoms with Crippen molar-refractivity contribution in [1.29, 1.82) is 0 Å². The number of hydrogen-bond acceptors (Lipinski definition) is 5. The molecule has 0 unspecified atom stereocenters. The summed E-state index contributed by atoms with van der Waals surface area (Å²) in [6.45, 7) is 1.77. The van der Waals surface area contributed by atoms with Gasteiger partial charge in [0.2, 0.25) is 0 Å². The van der Waals surface area contributed by atoms with Crippen LogP contribution in [-0.2, 0) is 16.1 Å². The molecule has 0 aliphatic carbocycles. The maximum atomic E-state index is 10.6. The van der Waals surface area contributed by atoms with E-state index in [0.717, 1.165) is 0 Å². The van der Waals surface area contributed by atoms with Gasteiger partial charge in [0.05, 0.1) is 13.2 Å². The summed E-state index contributed by atoms with van der Waals surface area (Å²) in [5.41, 5.74) is 0.637. The van der Waals surface area contributed by atoms with Crippen molar-refractivity contribution in [3.8, 4) is 11.5 Å². The van der Waals surface area contributed by atoms with Crippen LogP contribution in [0.15, 0.2) is 18.2 Å². The van der Waals surface area contributed by atoms with Crippen molar-refractivity contribution in [1.82, 2.24) is 5.32 Å². The van der Waals surface area contributed by atoms with Crippen LogP contribution in [-0.4, -0.2) is 41.9 Å². The fourth-order valence-corrected chi connectivity index (χ4v) is 1.57. The molecule has 7 heteroatoms. The molecule has 0 atom stereocenters. The first-order valence-corrected chi connectivity index (χ1v) is 6.06. The number of benzene rings is 1. The Labute approximate surface area is 116 Å². The largest absolute Gasteiger partial charge is 0.490 e. The fourth-order valence-electron chi connectivity index (χ4n) is 1.57. The molecule has 0 aromatic heterocycles. The van der Waals surface area contributed by atoms with Crippen LogP contribution < -0.4 is 14.8 Å². The van der Waals surface area contributed by atoms with Crippen LogP contribution in [0.1, 0.15) is 12.5 Å². The summed E-state index contributed by atoms with van der Waals surface area (Å²) in [7, 11) is 0. The molecule has 1 rings (SSSR count). The molecular formula is C13H17NO6. The summed E-state index contributed by atoms with van der Waals surface area (Å²) >= 11 is 0. The number of nitrogens with one attached hydrogen (secondary N) is 1. The highest BCUT2D eigenvalue weighted by atomic mass is 16.5. The lowest BCUT2D eigenvalue weighted by Crippen LogP contribution is -2.22. The van der Waals surface area contributed by atoms with Crippen molar-refractivity contribution >= 4 is 11.9 Å². The summed E-state index contributed by atoms with van der Waals surface area (Å²) in [6, 6.07) is 5.12. The third-order valence-electron chi connectivity index (χ3n) is 2.29. The minimum Gasteiger partial charge on any atom is -0.490 e. The van der Waals surface area contributed by atoms with Gasteiger partial charge in [-0.25, -0.2) is 4.79 Å². The number of carboxylic acids is 2. The summed E-state index contributed by atoms with van der Waals surface area (Å²) in [5, 5.41) is 20.0. The van der Waals surface area contributed by atoms with Gasteiger partial charge >= 0.3 is 11.9 Å². The van der Waals surface area contributed by atoms with E-state index in [0.29, 0.717) is 23.7 Å². The highest BCUT2D eigenvalue weighted by Crippen LogP contribution is 2.31. The molecule has 0 saturated heterocycles. The lowest BCUT2D eigenvalue weighted by atomic mass is 10.2. The van der Waals surface area contributed by atoms with E-state index in [1.54, 1.807) is 25.1 Å². The predicted octanol–water partition coefficient (Wildman–Crippen LogP) is 0.723. The van der Waals surface area contributed by atoms with E-state index >= 15 is 0 Å². The molecule has 1 aromatic rings. The van der Waals surface area contributed by atoms with Crippen molar-refractivity contribution in [3.05, 3.63) is 23.8 Å². The zero-order valence-electron chi connectivity index (χ0n) is 11.1. The van der Waals surface area contributed by atoms with Gasteiger partial charge in [-0.05, 0) is 13.0 Å². The minimum absolute atomic E-state index is 0.197. The standard InChI is InChI=1S/C13H17NO6/c1-2-19-10-5-3-4-9(6-14-7-11(15)16)13(10)20-8-12(17)18/h3-5,14H,2,6-8H2,1H3,(H,15,16)(H,17,18). The smallest absolute Gasteiger partial charge is 0.341 e. The maximum Gasteiger partial charge on any atom is 0.341 e. The average molecular weight is 283 g/mol. The van der Waals surface area contributed by atoms with E-state index < -0.39 is 18.5 Å². The second-order valence-electron chi connectivity index (χ2n) is 3.86. The number of ether oxygens (including phenoxy) is 2. The Morgan fingerprint density at radius 1 is 1.20 bits per heavy atom. The highest BCUT2D eigenvalue weighted by Gasteiger charge is 2.12. The normalized spacial score (nSPS) is 10.1. The molecule has 0 saturated carbocycles. The number of carbonyl (C=O) groups is 2. The molecule has 0 bridgehead atoms. The lowest BCUT2D eigenvalue weighted by Gasteiger charge is -2.15. The Bertz CT molecular complexity index is 474. The van der Waals surface area contributed by atoms with E-state index in [4.69, 9.17) is 19.7 Å². The van der Waals surface area contributed by atoms with Crippen molar-refractivity contribution < 1.29 is 29.3 Å². The molecule has 3 N–H and O–H groups in total. The SMILES string of the molecule is CCOc1cccc(CNCC(=O)O)c1OCC(=O)O. The van der Waals surface area contributed by atoms with Gasteiger partial charge in [-0.3, -0.25) is 4.79 Å². The summed E-state index contributed by atoms with van der Waals surface area (Å²) in [4.78, 5) is 21.1. The number of rotatable bonds is 9. The number of para-hydroxylation sites is 1. The Hall–Kier alpha value is -2.28. The Morgan fingerprint density at radius 2 is 1.95 bits per heavy atom. The van der Waals surface area contributed by atoms with Gasteiger partial charge in [-0.15, -0.1) is 0 Å². The maximum absolute atomic E-state index is 10.6. The van der Waals surface area contributed by atoms with Gasteiger partial charge < -0.3 is 25.0 Å². The molecule has 0 aliphatic heterocycles. The molecule has 0 amide bonds.